The molecule has 1 aromatic rings. The summed E-state index contributed by atoms with van der Waals surface area (Å²) < 4.78 is 11.6. The van der Waals surface area contributed by atoms with Crippen molar-refractivity contribution < 1.29 is 14.3 Å². The molecule has 7 heteroatoms. The van der Waals surface area contributed by atoms with E-state index in [0.717, 1.165) is 25.1 Å². The van der Waals surface area contributed by atoms with Crippen LogP contribution in [0.25, 0.3) is 0 Å². The van der Waals surface area contributed by atoms with Gasteiger partial charge < -0.3 is 14.4 Å². The molecule has 1 amide bonds. The number of nitrogens with zero attached hydrogens (tertiary/aromatic N) is 3. The smallest absolute Gasteiger partial charge is 0.248 e. The Morgan fingerprint density at radius 1 is 1.46 bits per heavy atom. The summed E-state index contributed by atoms with van der Waals surface area (Å²) >= 11 is 0. The number of hydrogen-bond donors (Lipinski definition) is 1. The number of hydrogen-bond acceptors (Lipinski definition) is 5. The van der Waals surface area contributed by atoms with Gasteiger partial charge in [0, 0.05) is 13.0 Å². The van der Waals surface area contributed by atoms with Crippen LogP contribution in [-0.4, -0.2) is 58.4 Å². The van der Waals surface area contributed by atoms with Crippen LogP contribution in [-0.2, 0) is 20.7 Å². The van der Waals surface area contributed by atoms with Crippen LogP contribution in [0.3, 0.4) is 0 Å². The van der Waals surface area contributed by atoms with Crippen LogP contribution in [0, 0.1) is 5.92 Å². The number of carbonyl (C=O) groups excluding carboxylic acids is 1. The normalized spacial score (nSPS) is 28.1. The van der Waals surface area contributed by atoms with Crippen molar-refractivity contribution in [3.63, 3.8) is 0 Å². The van der Waals surface area contributed by atoms with Crippen LogP contribution in [0.4, 0.5) is 0 Å². The molecule has 24 heavy (non-hydrogen) atoms. The van der Waals surface area contributed by atoms with Gasteiger partial charge in [0.25, 0.3) is 0 Å². The fraction of sp³-hybridized carbons (Fsp3) is 0.824. The fourth-order valence-electron chi connectivity index (χ4n) is 3.45. The van der Waals surface area contributed by atoms with E-state index in [-0.39, 0.29) is 24.7 Å². The van der Waals surface area contributed by atoms with Crippen molar-refractivity contribution in [2.75, 3.05) is 26.3 Å². The Balaban J connectivity index is 1.49. The molecule has 3 rings (SSSR count). The van der Waals surface area contributed by atoms with E-state index < -0.39 is 0 Å². The predicted octanol–water partition coefficient (Wildman–Crippen LogP) is 1.86. The molecule has 7 nitrogen and oxygen atoms in total. The number of ether oxygens (including phenoxy) is 2. The third kappa shape index (κ3) is 4.33. The maximum absolute atomic E-state index is 12.5. The van der Waals surface area contributed by atoms with Crippen LogP contribution in [0.5, 0.6) is 0 Å². The minimum Gasteiger partial charge on any atom is -0.368 e. The van der Waals surface area contributed by atoms with E-state index in [0.29, 0.717) is 31.4 Å². The monoisotopic (exact) mass is 336 g/mol. The zero-order valence-electron chi connectivity index (χ0n) is 14.7. The number of aromatic nitrogens is 3. The summed E-state index contributed by atoms with van der Waals surface area (Å²) in [4.78, 5) is 18.7. The van der Waals surface area contributed by atoms with E-state index in [9.17, 15) is 4.79 Å². The highest BCUT2D eigenvalue weighted by molar-refractivity contribution is 5.77. The summed E-state index contributed by atoms with van der Waals surface area (Å²) in [5.74, 6) is 2.20. The minimum atomic E-state index is -0.256. The second-order valence-electron chi connectivity index (χ2n) is 6.90. The molecular formula is C17H28N4O3. The van der Waals surface area contributed by atoms with Gasteiger partial charge in [-0.2, -0.15) is 5.10 Å². The fourth-order valence-corrected chi connectivity index (χ4v) is 3.45. The Labute approximate surface area is 143 Å². The molecule has 1 aromatic heterocycles. The van der Waals surface area contributed by atoms with Crippen LogP contribution in [0.2, 0.25) is 0 Å². The molecule has 2 aliphatic rings. The van der Waals surface area contributed by atoms with Gasteiger partial charge in [0.2, 0.25) is 5.91 Å². The molecule has 3 atom stereocenters. The van der Waals surface area contributed by atoms with Gasteiger partial charge in [-0.3, -0.25) is 9.89 Å². The van der Waals surface area contributed by atoms with Gasteiger partial charge in [-0.25, -0.2) is 4.98 Å². The van der Waals surface area contributed by atoms with Gasteiger partial charge in [-0.05, 0) is 18.8 Å². The van der Waals surface area contributed by atoms with Crippen molar-refractivity contribution in [1.29, 1.82) is 0 Å². The number of aryl methyl sites for hydroxylation is 1. The molecule has 1 aliphatic heterocycles. The van der Waals surface area contributed by atoms with Gasteiger partial charge >= 0.3 is 0 Å². The number of carbonyl (C=O) groups is 1. The van der Waals surface area contributed by atoms with Gasteiger partial charge in [0.05, 0.1) is 19.3 Å². The average Bonchev–Trinajstić information content (AvgIpc) is 3.09. The van der Waals surface area contributed by atoms with Crippen LogP contribution in [0.1, 0.15) is 57.3 Å². The molecule has 1 saturated carbocycles. The molecule has 1 aliphatic carbocycles. The van der Waals surface area contributed by atoms with E-state index in [2.05, 4.69) is 22.1 Å². The highest BCUT2D eigenvalue weighted by Gasteiger charge is 2.29. The van der Waals surface area contributed by atoms with E-state index >= 15 is 0 Å². The lowest BCUT2D eigenvalue weighted by Gasteiger charge is -2.32. The van der Waals surface area contributed by atoms with Crippen molar-refractivity contribution in [3.8, 4) is 0 Å². The van der Waals surface area contributed by atoms with Crippen molar-refractivity contribution in [1.82, 2.24) is 20.1 Å². The van der Waals surface area contributed by atoms with Crippen LogP contribution < -0.4 is 0 Å². The summed E-state index contributed by atoms with van der Waals surface area (Å²) in [6.45, 7) is 6.04. The van der Waals surface area contributed by atoms with Crippen LogP contribution >= 0.6 is 0 Å². The van der Waals surface area contributed by atoms with E-state index in [1.165, 1.54) is 12.8 Å². The Kier molecular flexibility index (Phi) is 5.84. The molecule has 1 saturated heterocycles. The Bertz CT molecular complexity index is 548. The van der Waals surface area contributed by atoms with Crippen molar-refractivity contribution >= 4 is 5.91 Å². The predicted molar refractivity (Wildman–Crippen MR) is 88.4 cm³/mol. The minimum absolute atomic E-state index is 0.0350. The first-order valence-corrected chi connectivity index (χ1v) is 9.07. The second kappa shape index (κ2) is 8.07. The summed E-state index contributed by atoms with van der Waals surface area (Å²) in [7, 11) is 0. The number of H-pyrrole nitrogens is 1. The lowest BCUT2D eigenvalue weighted by atomic mass is 9.89. The lowest BCUT2D eigenvalue weighted by Crippen LogP contribution is -2.44. The summed E-state index contributed by atoms with van der Waals surface area (Å²) in [6.07, 6.45) is 5.38. The molecule has 0 aromatic carbocycles. The number of morpholine rings is 1. The molecule has 0 unspecified atom stereocenters. The molecule has 2 fully saturated rings. The highest BCUT2D eigenvalue weighted by atomic mass is 16.5. The zero-order valence-corrected chi connectivity index (χ0v) is 14.7. The highest BCUT2D eigenvalue weighted by Crippen LogP contribution is 2.26. The van der Waals surface area contributed by atoms with E-state index in [1.807, 2.05) is 11.8 Å². The quantitative estimate of drug-likeness (QED) is 0.888. The zero-order chi connectivity index (χ0) is 16.9. The Hall–Kier alpha value is -1.47. The third-order valence-corrected chi connectivity index (χ3v) is 4.92. The summed E-state index contributed by atoms with van der Waals surface area (Å²) in [5, 5.41) is 7.10. The number of rotatable bonds is 5. The second-order valence-corrected chi connectivity index (χ2v) is 6.90. The molecule has 1 N–H and O–H groups in total. The van der Waals surface area contributed by atoms with E-state index in [4.69, 9.17) is 9.47 Å². The molecule has 0 radical (unpaired) electrons. The third-order valence-electron chi connectivity index (χ3n) is 4.92. The Morgan fingerprint density at radius 2 is 2.33 bits per heavy atom. The summed E-state index contributed by atoms with van der Waals surface area (Å²) in [6, 6.07) is 0. The van der Waals surface area contributed by atoms with Gasteiger partial charge in [0.15, 0.2) is 5.82 Å². The first-order valence-electron chi connectivity index (χ1n) is 9.07. The standard InChI is InChI=1S/C17H28N4O3/c1-3-15-18-17(20-19-15)14-10-21(7-8-23-14)16(22)11-24-13-6-4-5-12(2)9-13/h12-14H,3-11H2,1-2H3,(H,18,19,20)/t12-,13+,14-/m0/s1. The SMILES string of the molecule is CCc1nc([C@@H]2CN(C(=O)CO[C@@H]3CCC[C@H](C)C3)CCO2)n[nH]1. The molecular weight excluding hydrogens is 308 g/mol. The van der Waals surface area contributed by atoms with Crippen molar-refractivity contribution in [2.24, 2.45) is 5.92 Å². The van der Waals surface area contributed by atoms with Gasteiger partial charge in [0.1, 0.15) is 18.5 Å². The maximum atomic E-state index is 12.5. The first-order chi connectivity index (χ1) is 11.7. The lowest BCUT2D eigenvalue weighted by molar-refractivity contribution is -0.147. The largest absolute Gasteiger partial charge is 0.368 e. The first kappa shape index (κ1) is 17.4. The molecule has 0 bridgehead atoms. The van der Waals surface area contributed by atoms with Gasteiger partial charge in [-0.1, -0.05) is 26.7 Å². The number of amides is 1. The molecule has 2 heterocycles. The van der Waals surface area contributed by atoms with Crippen molar-refractivity contribution in [2.45, 2.75) is 58.2 Å². The average molecular weight is 336 g/mol. The van der Waals surface area contributed by atoms with Gasteiger partial charge in [-0.15, -0.1) is 0 Å². The van der Waals surface area contributed by atoms with Crippen LogP contribution in [0.15, 0.2) is 0 Å². The molecule has 0 spiro atoms. The summed E-state index contributed by atoms with van der Waals surface area (Å²) in [5.41, 5.74) is 0. The number of nitrogens with one attached hydrogen (secondary N) is 1. The van der Waals surface area contributed by atoms with E-state index in [1.54, 1.807) is 0 Å². The molecule has 134 valence electrons. The maximum Gasteiger partial charge on any atom is 0.248 e. The number of aromatic amines is 1. The Morgan fingerprint density at radius 3 is 3.08 bits per heavy atom. The topological polar surface area (TPSA) is 80.3 Å². The van der Waals surface area contributed by atoms with Crippen molar-refractivity contribution in [3.05, 3.63) is 11.6 Å².